The maximum absolute atomic E-state index is 12.8. The number of hydrogen-bond acceptors (Lipinski definition) is 5. The third-order valence-corrected chi connectivity index (χ3v) is 5.27. The van der Waals surface area contributed by atoms with Crippen molar-refractivity contribution in [2.75, 3.05) is 5.32 Å². The number of amides is 1. The second-order valence-corrected chi connectivity index (χ2v) is 8.20. The first-order valence-corrected chi connectivity index (χ1v) is 9.61. The van der Waals surface area contributed by atoms with Crippen LogP contribution in [0.2, 0.25) is 0 Å². The molecule has 2 aromatic carbocycles. The number of para-hydroxylation sites is 1. The molecule has 0 atom stereocenters. The van der Waals surface area contributed by atoms with Crippen LogP contribution in [-0.2, 0) is 16.0 Å². The predicted molar refractivity (Wildman–Crippen MR) is 110 cm³/mol. The molecule has 6 heteroatoms. The number of nitrogens with one attached hydrogen (secondary N) is 1. The summed E-state index contributed by atoms with van der Waals surface area (Å²) < 4.78 is 6.27. The molecule has 28 heavy (non-hydrogen) atoms. The molecule has 0 aliphatic rings. The van der Waals surface area contributed by atoms with Crippen molar-refractivity contribution in [1.82, 2.24) is 0 Å². The Morgan fingerprint density at radius 1 is 1.18 bits per heavy atom. The van der Waals surface area contributed by atoms with Crippen LogP contribution in [0.15, 0.2) is 48.5 Å². The first-order valence-electron chi connectivity index (χ1n) is 8.80. The van der Waals surface area contributed by atoms with Gasteiger partial charge < -0.3 is 10.1 Å². The van der Waals surface area contributed by atoms with E-state index in [0.29, 0.717) is 22.5 Å². The monoisotopic (exact) mass is 392 g/mol. The van der Waals surface area contributed by atoms with E-state index >= 15 is 0 Å². The fraction of sp³-hybridized carbons (Fsp3) is 0.227. The van der Waals surface area contributed by atoms with E-state index in [0.717, 1.165) is 15.6 Å². The van der Waals surface area contributed by atoms with Gasteiger partial charge in [-0.1, -0.05) is 24.3 Å². The van der Waals surface area contributed by atoms with E-state index in [-0.39, 0.29) is 11.9 Å². The summed E-state index contributed by atoms with van der Waals surface area (Å²) in [4.78, 5) is 24.7. The lowest BCUT2D eigenvalue weighted by Crippen LogP contribution is -2.30. The molecule has 0 fully saturated rings. The Hall–Kier alpha value is -3.17. The number of benzene rings is 2. The number of anilines is 1. The summed E-state index contributed by atoms with van der Waals surface area (Å²) in [7, 11) is 0. The molecule has 1 aromatic heterocycles. The minimum Gasteiger partial charge on any atom is -0.459 e. The van der Waals surface area contributed by atoms with Crippen LogP contribution in [-0.4, -0.2) is 17.5 Å². The zero-order chi connectivity index (χ0) is 20.3. The van der Waals surface area contributed by atoms with Gasteiger partial charge in [0.25, 0.3) is 5.91 Å². The molecule has 142 valence electrons. The van der Waals surface area contributed by atoms with Crippen LogP contribution < -0.4 is 5.32 Å². The van der Waals surface area contributed by atoms with E-state index < -0.39 is 5.60 Å². The van der Waals surface area contributed by atoms with Crippen LogP contribution in [0.25, 0.3) is 10.1 Å². The zero-order valence-corrected chi connectivity index (χ0v) is 16.7. The molecule has 5 nitrogen and oxygen atoms in total. The molecule has 0 bridgehead atoms. The van der Waals surface area contributed by atoms with Crippen molar-refractivity contribution in [3.8, 4) is 6.07 Å². The number of nitrogens with zero attached hydrogens (tertiary/aromatic N) is 1. The van der Waals surface area contributed by atoms with Gasteiger partial charge in [0.05, 0.1) is 16.5 Å². The summed E-state index contributed by atoms with van der Waals surface area (Å²) in [6.45, 7) is 5.06. The largest absolute Gasteiger partial charge is 0.459 e. The Morgan fingerprint density at radius 3 is 2.64 bits per heavy atom. The van der Waals surface area contributed by atoms with Crippen LogP contribution in [0.5, 0.6) is 0 Å². The normalized spacial score (nSPS) is 11.1. The summed E-state index contributed by atoms with van der Waals surface area (Å²) >= 11 is 1.35. The van der Waals surface area contributed by atoms with Crippen LogP contribution in [0.3, 0.4) is 0 Å². The van der Waals surface area contributed by atoms with Crippen molar-refractivity contribution in [3.63, 3.8) is 0 Å². The average Bonchev–Trinajstić information content (AvgIpc) is 3.05. The molecule has 0 aliphatic carbocycles. The number of nitriles is 1. The van der Waals surface area contributed by atoms with Gasteiger partial charge in [-0.3, -0.25) is 9.59 Å². The van der Waals surface area contributed by atoms with Crippen molar-refractivity contribution in [3.05, 3.63) is 64.5 Å². The van der Waals surface area contributed by atoms with Crippen LogP contribution in [0.1, 0.15) is 41.6 Å². The zero-order valence-electron chi connectivity index (χ0n) is 15.9. The molecular weight excluding hydrogens is 372 g/mol. The number of fused-ring (bicyclic) bond motifs is 1. The first kappa shape index (κ1) is 19.6. The number of thiophene rings is 1. The van der Waals surface area contributed by atoms with Gasteiger partial charge in [0.1, 0.15) is 5.60 Å². The Bertz CT molecular complexity index is 1090. The van der Waals surface area contributed by atoms with E-state index in [1.165, 1.54) is 18.3 Å². The number of ether oxygens (including phenoxy) is 1. The summed E-state index contributed by atoms with van der Waals surface area (Å²) in [5.74, 6) is -0.550. The lowest BCUT2D eigenvalue weighted by molar-refractivity contribution is -0.153. The van der Waals surface area contributed by atoms with Gasteiger partial charge in [0, 0.05) is 23.7 Å². The second-order valence-electron chi connectivity index (χ2n) is 7.12. The molecule has 1 heterocycles. The minimum atomic E-state index is -0.683. The van der Waals surface area contributed by atoms with Gasteiger partial charge in [-0.15, -0.1) is 11.3 Å². The van der Waals surface area contributed by atoms with E-state index in [2.05, 4.69) is 11.4 Å². The van der Waals surface area contributed by atoms with E-state index in [1.54, 1.807) is 12.1 Å². The third-order valence-electron chi connectivity index (χ3n) is 4.17. The molecule has 0 saturated heterocycles. The molecular formula is C22H20N2O3S. The van der Waals surface area contributed by atoms with E-state index in [9.17, 15) is 9.59 Å². The van der Waals surface area contributed by atoms with Gasteiger partial charge in [0.2, 0.25) is 0 Å². The Kier molecular flexibility index (Phi) is 5.48. The molecule has 0 aliphatic heterocycles. The Balaban J connectivity index is 1.83. The fourth-order valence-corrected chi connectivity index (χ4v) is 4.07. The summed E-state index contributed by atoms with van der Waals surface area (Å²) in [5.41, 5.74) is 1.45. The van der Waals surface area contributed by atoms with Crippen molar-refractivity contribution in [2.45, 2.75) is 32.8 Å². The van der Waals surface area contributed by atoms with Gasteiger partial charge in [-0.2, -0.15) is 5.26 Å². The van der Waals surface area contributed by atoms with Crippen molar-refractivity contribution in [1.29, 1.82) is 5.26 Å². The van der Waals surface area contributed by atoms with Gasteiger partial charge in [-0.05, 0) is 49.1 Å². The maximum Gasteiger partial charge on any atom is 0.303 e. The molecule has 1 N–H and O–H groups in total. The van der Waals surface area contributed by atoms with Gasteiger partial charge >= 0.3 is 5.97 Å². The number of esters is 1. The standard InChI is InChI=1S/C22H20N2O3S/c1-14(25)27-22(2,3)12-17-6-4-5-7-18(17)24-21(26)20-11-16-9-8-15(13-23)10-19(16)28-20/h4-11H,12H2,1-3H3,(H,24,26). The number of hydrogen-bond donors (Lipinski definition) is 1. The van der Waals surface area contributed by atoms with Gasteiger partial charge in [-0.25, -0.2) is 0 Å². The summed E-state index contributed by atoms with van der Waals surface area (Å²) in [5, 5.41) is 12.9. The van der Waals surface area contributed by atoms with Crippen molar-refractivity contribution in [2.24, 2.45) is 0 Å². The second kappa shape index (κ2) is 7.83. The van der Waals surface area contributed by atoms with E-state index in [1.807, 2.05) is 50.2 Å². The number of carbonyl (C=O) groups is 2. The molecule has 0 unspecified atom stereocenters. The van der Waals surface area contributed by atoms with Gasteiger partial charge in [0.15, 0.2) is 0 Å². The smallest absolute Gasteiger partial charge is 0.303 e. The van der Waals surface area contributed by atoms with E-state index in [4.69, 9.17) is 10.00 Å². The third kappa shape index (κ3) is 4.56. The lowest BCUT2D eigenvalue weighted by Gasteiger charge is -2.25. The minimum absolute atomic E-state index is 0.211. The molecule has 3 rings (SSSR count). The highest BCUT2D eigenvalue weighted by Gasteiger charge is 2.23. The average molecular weight is 392 g/mol. The topological polar surface area (TPSA) is 79.2 Å². The van der Waals surface area contributed by atoms with Crippen LogP contribution in [0.4, 0.5) is 5.69 Å². The molecule has 1 amide bonds. The lowest BCUT2D eigenvalue weighted by atomic mass is 9.97. The Morgan fingerprint density at radius 2 is 1.93 bits per heavy atom. The number of carbonyl (C=O) groups excluding carboxylic acids is 2. The summed E-state index contributed by atoms with van der Waals surface area (Å²) in [6, 6.07) is 16.8. The molecule has 0 spiro atoms. The van der Waals surface area contributed by atoms with Crippen LogP contribution >= 0.6 is 11.3 Å². The number of rotatable bonds is 5. The first-order chi connectivity index (χ1) is 13.3. The molecule has 0 radical (unpaired) electrons. The quantitative estimate of drug-likeness (QED) is 0.626. The van der Waals surface area contributed by atoms with Crippen molar-refractivity contribution < 1.29 is 14.3 Å². The maximum atomic E-state index is 12.8. The SMILES string of the molecule is CC(=O)OC(C)(C)Cc1ccccc1NC(=O)c1cc2ccc(C#N)cc2s1. The highest BCUT2D eigenvalue weighted by atomic mass is 32.1. The Labute approximate surface area is 167 Å². The fourth-order valence-electron chi connectivity index (χ4n) is 3.08. The highest BCUT2D eigenvalue weighted by molar-refractivity contribution is 7.20. The van der Waals surface area contributed by atoms with Crippen LogP contribution in [0, 0.1) is 11.3 Å². The van der Waals surface area contributed by atoms with Crippen molar-refractivity contribution >= 4 is 39.0 Å². The molecule has 0 saturated carbocycles. The highest BCUT2D eigenvalue weighted by Crippen LogP contribution is 2.29. The molecule has 3 aromatic rings. The predicted octanol–water partition coefficient (Wildman–Crippen LogP) is 4.91. The summed E-state index contributed by atoms with van der Waals surface area (Å²) in [6.07, 6.45) is 0.473.